The Kier molecular flexibility index (Phi) is 6.33. The number of nitrogen functional groups attached to an aromatic ring is 1. The van der Waals surface area contributed by atoms with Gasteiger partial charge in [-0.05, 0) is 78.9 Å². The number of fused-ring (bicyclic) bond motifs is 1. The molecule has 35 heavy (non-hydrogen) atoms. The zero-order valence-corrected chi connectivity index (χ0v) is 19.5. The number of nitrogens with two attached hydrogens (primary N) is 1. The Labute approximate surface area is 203 Å². The van der Waals surface area contributed by atoms with E-state index in [4.69, 9.17) is 10.5 Å². The quantitative estimate of drug-likeness (QED) is 0.411. The first-order valence-electron chi connectivity index (χ1n) is 11.7. The third-order valence-corrected chi connectivity index (χ3v) is 6.40. The molecule has 5 rings (SSSR count). The van der Waals surface area contributed by atoms with Gasteiger partial charge in [-0.25, -0.2) is 9.37 Å². The Morgan fingerprint density at radius 2 is 1.77 bits per heavy atom. The van der Waals surface area contributed by atoms with Gasteiger partial charge in [-0.3, -0.25) is 4.79 Å². The largest absolute Gasteiger partial charge is 0.490 e. The third kappa shape index (κ3) is 5.10. The number of pyridine rings is 1. The lowest BCUT2D eigenvalue weighted by molar-refractivity contribution is 0.102. The molecule has 0 saturated carbocycles. The lowest BCUT2D eigenvalue weighted by Gasteiger charge is -2.29. The van der Waals surface area contributed by atoms with Crippen LogP contribution in [0.5, 0.6) is 5.75 Å². The Bertz CT molecular complexity index is 1370. The average molecular weight is 471 g/mol. The third-order valence-electron chi connectivity index (χ3n) is 6.40. The maximum absolute atomic E-state index is 13.7. The second-order valence-corrected chi connectivity index (χ2v) is 8.93. The molecule has 1 aliphatic heterocycles. The number of hydrogen-bond acceptors (Lipinski definition) is 5. The topological polar surface area (TPSA) is 80.5 Å². The number of benzene rings is 3. The SMILES string of the molecule is CN1CCC(Oc2ccc(NC(=O)c3cnc(N)c4cc(-c5cccc(F)c5)ccc34)cc2)CC1. The molecule has 7 heteroatoms. The molecule has 1 aliphatic rings. The van der Waals surface area contributed by atoms with Crippen LogP contribution in [0.2, 0.25) is 0 Å². The van der Waals surface area contributed by atoms with Crippen molar-refractivity contribution in [1.82, 2.24) is 9.88 Å². The number of amides is 1. The fraction of sp³-hybridized carbons (Fsp3) is 0.214. The normalized spacial score (nSPS) is 14.7. The molecule has 2 heterocycles. The molecule has 0 radical (unpaired) electrons. The van der Waals surface area contributed by atoms with E-state index >= 15 is 0 Å². The fourth-order valence-electron chi connectivity index (χ4n) is 4.40. The van der Waals surface area contributed by atoms with Gasteiger partial charge in [0, 0.05) is 30.4 Å². The van der Waals surface area contributed by atoms with Gasteiger partial charge in [0.05, 0.1) is 5.56 Å². The molecular formula is C28H27FN4O2. The molecule has 1 fully saturated rings. The summed E-state index contributed by atoms with van der Waals surface area (Å²) in [6.07, 6.45) is 3.71. The van der Waals surface area contributed by atoms with Gasteiger partial charge in [-0.1, -0.05) is 24.3 Å². The van der Waals surface area contributed by atoms with Crippen LogP contribution in [0.3, 0.4) is 0 Å². The molecule has 1 aromatic heterocycles. The predicted octanol–water partition coefficient (Wildman–Crippen LogP) is 5.35. The molecule has 3 aromatic carbocycles. The van der Waals surface area contributed by atoms with E-state index in [1.54, 1.807) is 6.07 Å². The number of likely N-dealkylation sites (tertiary alicyclic amines) is 1. The minimum absolute atomic E-state index is 0.219. The van der Waals surface area contributed by atoms with Gasteiger partial charge in [0.1, 0.15) is 23.5 Å². The van der Waals surface area contributed by atoms with E-state index in [0.717, 1.165) is 42.8 Å². The van der Waals surface area contributed by atoms with Crippen molar-refractivity contribution in [1.29, 1.82) is 0 Å². The van der Waals surface area contributed by atoms with Crippen molar-refractivity contribution in [2.45, 2.75) is 18.9 Å². The molecule has 0 aliphatic carbocycles. The van der Waals surface area contributed by atoms with Crippen LogP contribution in [-0.2, 0) is 0 Å². The van der Waals surface area contributed by atoms with Crippen LogP contribution in [-0.4, -0.2) is 42.0 Å². The highest BCUT2D eigenvalue weighted by atomic mass is 19.1. The number of rotatable bonds is 5. The highest BCUT2D eigenvalue weighted by Gasteiger charge is 2.18. The number of carbonyl (C=O) groups excluding carboxylic acids is 1. The molecule has 178 valence electrons. The summed E-state index contributed by atoms with van der Waals surface area (Å²) in [7, 11) is 2.12. The van der Waals surface area contributed by atoms with E-state index in [1.165, 1.54) is 18.3 Å². The van der Waals surface area contributed by atoms with Crippen LogP contribution < -0.4 is 15.8 Å². The van der Waals surface area contributed by atoms with Crippen molar-refractivity contribution in [2.24, 2.45) is 0 Å². The number of anilines is 2. The van der Waals surface area contributed by atoms with E-state index in [-0.39, 0.29) is 17.8 Å². The second kappa shape index (κ2) is 9.72. The number of nitrogens with zero attached hydrogens (tertiary/aromatic N) is 2. The molecule has 1 saturated heterocycles. The summed E-state index contributed by atoms with van der Waals surface area (Å²) in [6, 6.07) is 19.2. The van der Waals surface area contributed by atoms with Gasteiger partial charge >= 0.3 is 0 Å². The van der Waals surface area contributed by atoms with E-state index in [1.807, 2.05) is 48.5 Å². The first-order valence-corrected chi connectivity index (χ1v) is 11.7. The van der Waals surface area contributed by atoms with Crippen molar-refractivity contribution < 1.29 is 13.9 Å². The summed E-state index contributed by atoms with van der Waals surface area (Å²) in [5.74, 6) is 0.502. The minimum Gasteiger partial charge on any atom is -0.490 e. The van der Waals surface area contributed by atoms with Gasteiger partial charge < -0.3 is 20.7 Å². The zero-order valence-electron chi connectivity index (χ0n) is 19.5. The highest BCUT2D eigenvalue weighted by Crippen LogP contribution is 2.30. The molecule has 6 nitrogen and oxygen atoms in total. The maximum atomic E-state index is 13.7. The number of carbonyl (C=O) groups is 1. The summed E-state index contributed by atoms with van der Waals surface area (Å²) < 4.78 is 19.8. The molecule has 3 N–H and O–H groups in total. The molecule has 0 bridgehead atoms. The van der Waals surface area contributed by atoms with Crippen molar-refractivity contribution in [3.8, 4) is 16.9 Å². The van der Waals surface area contributed by atoms with Gasteiger partial charge in [-0.15, -0.1) is 0 Å². The highest BCUT2D eigenvalue weighted by molar-refractivity contribution is 6.14. The van der Waals surface area contributed by atoms with Crippen molar-refractivity contribution in [2.75, 3.05) is 31.2 Å². The molecule has 0 unspecified atom stereocenters. The second-order valence-electron chi connectivity index (χ2n) is 8.93. The first kappa shape index (κ1) is 22.8. The Hall–Kier alpha value is -3.97. The number of halogens is 1. The Balaban J connectivity index is 1.33. The smallest absolute Gasteiger partial charge is 0.257 e. The number of nitrogens with one attached hydrogen (secondary N) is 1. The summed E-state index contributed by atoms with van der Waals surface area (Å²) in [5, 5.41) is 4.25. The van der Waals surface area contributed by atoms with Crippen LogP contribution >= 0.6 is 0 Å². The van der Waals surface area contributed by atoms with Crippen molar-refractivity contribution in [3.05, 3.63) is 84.3 Å². The Morgan fingerprint density at radius 3 is 2.51 bits per heavy atom. The van der Waals surface area contributed by atoms with Gasteiger partial charge in [0.2, 0.25) is 0 Å². The molecule has 0 atom stereocenters. The minimum atomic E-state index is -0.315. The van der Waals surface area contributed by atoms with Crippen molar-refractivity contribution in [3.63, 3.8) is 0 Å². The van der Waals surface area contributed by atoms with E-state index in [9.17, 15) is 9.18 Å². The van der Waals surface area contributed by atoms with Gasteiger partial charge in [0.25, 0.3) is 5.91 Å². The lowest BCUT2D eigenvalue weighted by atomic mass is 9.99. The lowest BCUT2D eigenvalue weighted by Crippen LogP contribution is -2.35. The van der Waals surface area contributed by atoms with Crippen LogP contribution in [0, 0.1) is 5.82 Å². The number of hydrogen-bond donors (Lipinski definition) is 2. The summed E-state index contributed by atoms with van der Waals surface area (Å²) in [6.45, 7) is 2.07. The van der Waals surface area contributed by atoms with Crippen molar-refractivity contribution >= 4 is 28.2 Å². The predicted molar refractivity (Wildman–Crippen MR) is 137 cm³/mol. The average Bonchev–Trinajstić information content (AvgIpc) is 2.87. The van der Waals surface area contributed by atoms with Crippen LogP contribution in [0.25, 0.3) is 21.9 Å². The van der Waals surface area contributed by atoms with E-state index in [2.05, 4.69) is 22.2 Å². The monoisotopic (exact) mass is 470 g/mol. The van der Waals surface area contributed by atoms with Crippen LogP contribution in [0.15, 0.2) is 72.9 Å². The molecule has 0 spiro atoms. The van der Waals surface area contributed by atoms with Gasteiger partial charge in [0.15, 0.2) is 0 Å². The number of aromatic nitrogens is 1. The molecule has 4 aromatic rings. The first-order chi connectivity index (χ1) is 17.0. The molecule has 1 amide bonds. The number of piperidine rings is 1. The summed E-state index contributed by atoms with van der Waals surface area (Å²) in [5.41, 5.74) is 8.71. The molecular weight excluding hydrogens is 443 g/mol. The summed E-state index contributed by atoms with van der Waals surface area (Å²) >= 11 is 0. The zero-order chi connectivity index (χ0) is 24.4. The van der Waals surface area contributed by atoms with E-state index in [0.29, 0.717) is 27.8 Å². The summed E-state index contributed by atoms with van der Waals surface area (Å²) in [4.78, 5) is 19.6. The number of ether oxygens (including phenoxy) is 1. The maximum Gasteiger partial charge on any atom is 0.257 e. The van der Waals surface area contributed by atoms with Gasteiger partial charge in [-0.2, -0.15) is 0 Å². The van der Waals surface area contributed by atoms with Crippen LogP contribution in [0.4, 0.5) is 15.9 Å². The standard InChI is InChI=1S/C28H27FN4O2/c1-33-13-11-23(12-14-33)35-22-8-6-21(7-9-22)32-28(34)26-17-31-27(30)25-16-19(5-10-24(25)26)18-3-2-4-20(29)15-18/h2-10,15-17,23H,11-14H2,1H3,(H2,30,31)(H,32,34). The van der Waals surface area contributed by atoms with E-state index < -0.39 is 0 Å². The fourth-order valence-corrected chi connectivity index (χ4v) is 4.40. The Morgan fingerprint density at radius 1 is 1.03 bits per heavy atom. The van der Waals surface area contributed by atoms with Crippen LogP contribution in [0.1, 0.15) is 23.2 Å².